The molecule has 0 saturated carbocycles. The van der Waals surface area contributed by atoms with E-state index < -0.39 is 0 Å². The summed E-state index contributed by atoms with van der Waals surface area (Å²) in [6.45, 7) is 3.13. The summed E-state index contributed by atoms with van der Waals surface area (Å²) >= 11 is 1.73. The van der Waals surface area contributed by atoms with Crippen molar-refractivity contribution in [2.75, 3.05) is 13.6 Å². The van der Waals surface area contributed by atoms with Crippen molar-refractivity contribution in [2.45, 2.75) is 29.6 Å². The Labute approximate surface area is 125 Å². The third-order valence-electron chi connectivity index (χ3n) is 2.90. The Morgan fingerprint density at radius 3 is 2.45 bits per heavy atom. The molecule has 2 nitrogen and oxygen atoms in total. The molecule has 0 aliphatic rings. The lowest BCUT2D eigenvalue weighted by atomic mass is 10.3. The molecule has 0 saturated heterocycles. The molecule has 0 heterocycles. The molecule has 2 aromatic rings. The van der Waals surface area contributed by atoms with Crippen LogP contribution >= 0.6 is 11.8 Å². The van der Waals surface area contributed by atoms with Gasteiger partial charge < -0.3 is 4.84 Å². The molecular weight excluding hydrogens is 266 g/mol. The molecule has 0 spiro atoms. The van der Waals surface area contributed by atoms with Crippen LogP contribution in [0, 0.1) is 0 Å². The van der Waals surface area contributed by atoms with Gasteiger partial charge in [-0.3, -0.25) is 0 Å². The second-order valence-electron chi connectivity index (χ2n) is 4.66. The van der Waals surface area contributed by atoms with E-state index in [1.807, 2.05) is 36.4 Å². The summed E-state index contributed by atoms with van der Waals surface area (Å²) in [6.07, 6.45) is 2.32. The Balaban J connectivity index is 2.06. The number of unbranched alkanes of at least 4 members (excludes halogenated alkanes) is 1. The van der Waals surface area contributed by atoms with Crippen LogP contribution in [0.4, 0.5) is 0 Å². The summed E-state index contributed by atoms with van der Waals surface area (Å²) < 4.78 is 0. The molecular formula is C17H21NOS. The zero-order chi connectivity index (χ0) is 14.2. The van der Waals surface area contributed by atoms with Gasteiger partial charge in [0.2, 0.25) is 0 Å². The van der Waals surface area contributed by atoms with Gasteiger partial charge in [0, 0.05) is 18.5 Å². The molecule has 0 radical (unpaired) electrons. The maximum absolute atomic E-state index is 5.93. The van der Waals surface area contributed by atoms with Gasteiger partial charge in [0.1, 0.15) is 0 Å². The van der Waals surface area contributed by atoms with Crippen molar-refractivity contribution in [3.63, 3.8) is 0 Å². The summed E-state index contributed by atoms with van der Waals surface area (Å²) in [6, 6.07) is 18.5. The van der Waals surface area contributed by atoms with Crippen LogP contribution in [0.5, 0.6) is 5.75 Å². The zero-order valence-corrected chi connectivity index (χ0v) is 12.9. The molecule has 0 bridgehead atoms. The van der Waals surface area contributed by atoms with Gasteiger partial charge in [0.15, 0.2) is 5.75 Å². The molecule has 0 amide bonds. The van der Waals surface area contributed by atoms with E-state index in [1.54, 1.807) is 11.8 Å². The fraction of sp³-hybridized carbons (Fsp3) is 0.294. The first-order valence-corrected chi connectivity index (χ1v) is 7.82. The topological polar surface area (TPSA) is 12.5 Å². The summed E-state index contributed by atoms with van der Waals surface area (Å²) in [7, 11) is 1.99. The summed E-state index contributed by atoms with van der Waals surface area (Å²) in [5, 5.41) is 1.91. The highest BCUT2D eigenvalue weighted by atomic mass is 32.2. The minimum Gasteiger partial charge on any atom is -0.405 e. The van der Waals surface area contributed by atoms with Crippen LogP contribution in [-0.4, -0.2) is 18.7 Å². The number of hydrogen-bond donors (Lipinski definition) is 0. The molecule has 106 valence electrons. The van der Waals surface area contributed by atoms with E-state index in [0.717, 1.165) is 23.6 Å². The standard InChI is InChI=1S/C17H21NOS/c1-3-4-14-18(2)19-16-12-8-9-13-17(16)20-15-10-6-5-7-11-15/h5-13H,3-4,14H2,1-2H3. The van der Waals surface area contributed by atoms with Crippen LogP contribution in [0.2, 0.25) is 0 Å². The number of hydroxylamine groups is 2. The molecule has 3 heteroatoms. The van der Waals surface area contributed by atoms with Crippen molar-refractivity contribution in [3.05, 3.63) is 54.6 Å². The predicted octanol–water partition coefficient (Wildman–Crippen LogP) is 4.86. The average molecular weight is 287 g/mol. The van der Waals surface area contributed by atoms with E-state index in [2.05, 4.69) is 37.3 Å². The minimum absolute atomic E-state index is 0.917. The molecule has 0 aliphatic carbocycles. The maximum atomic E-state index is 5.93. The number of para-hydroxylation sites is 1. The molecule has 0 atom stereocenters. The second kappa shape index (κ2) is 7.98. The third-order valence-corrected chi connectivity index (χ3v) is 3.97. The van der Waals surface area contributed by atoms with Crippen molar-refractivity contribution >= 4 is 11.8 Å². The van der Waals surface area contributed by atoms with Crippen molar-refractivity contribution in [2.24, 2.45) is 0 Å². The quantitative estimate of drug-likeness (QED) is 0.675. The van der Waals surface area contributed by atoms with Crippen LogP contribution in [0.3, 0.4) is 0 Å². The molecule has 0 aromatic heterocycles. The lowest BCUT2D eigenvalue weighted by molar-refractivity contribution is -0.0351. The smallest absolute Gasteiger partial charge is 0.161 e. The fourth-order valence-corrected chi connectivity index (χ4v) is 2.72. The molecule has 2 aromatic carbocycles. The highest BCUT2D eigenvalue weighted by Gasteiger charge is 2.07. The molecule has 0 N–H and O–H groups in total. The van der Waals surface area contributed by atoms with Gasteiger partial charge in [-0.25, -0.2) is 0 Å². The molecule has 2 rings (SSSR count). The van der Waals surface area contributed by atoms with Crippen LogP contribution in [-0.2, 0) is 0 Å². The second-order valence-corrected chi connectivity index (χ2v) is 5.77. The number of rotatable bonds is 7. The Hall–Kier alpha value is -1.45. The van der Waals surface area contributed by atoms with Gasteiger partial charge in [-0.2, -0.15) is 0 Å². The zero-order valence-electron chi connectivity index (χ0n) is 12.1. The highest BCUT2D eigenvalue weighted by molar-refractivity contribution is 7.99. The first-order valence-electron chi connectivity index (χ1n) is 7.00. The molecule has 20 heavy (non-hydrogen) atoms. The third kappa shape index (κ3) is 4.58. The van der Waals surface area contributed by atoms with E-state index in [4.69, 9.17) is 4.84 Å². The Morgan fingerprint density at radius 2 is 1.70 bits per heavy atom. The van der Waals surface area contributed by atoms with Crippen molar-refractivity contribution < 1.29 is 4.84 Å². The normalized spacial score (nSPS) is 10.8. The van der Waals surface area contributed by atoms with E-state index in [9.17, 15) is 0 Å². The van der Waals surface area contributed by atoms with E-state index >= 15 is 0 Å². The fourth-order valence-electron chi connectivity index (χ4n) is 1.82. The van der Waals surface area contributed by atoms with E-state index in [0.29, 0.717) is 0 Å². The first kappa shape index (κ1) is 14.9. The molecule has 0 aliphatic heterocycles. The number of benzene rings is 2. The molecule has 0 fully saturated rings. The van der Waals surface area contributed by atoms with E-state index in [1.165, 1.54) is 11.3 Å². The van der Waals surface area contributed by atoms with Gasteiger partial charge >= 0.3 is 0 Å². The maximum Gasteiger partial charge on any atom is 0.161 e. The summed E-state index contributed by atoms with van der Waals surface area (Å²) in [4.78, 5) is 8.30. The monoisotopic (exact) mass is 287 g/mol. The van der Waals surface area contributed by atoms with Gasteiger partial charge in [0.05, 0.1) is 4.90 Å². The Kier molecular flexibility index (Phi) is 5.96. The SMILES string of the molecule is CCCCN(C)Oc1ccccc1Sc1ccccc1. The van der Waals surface area contributed by atoms with Crippen molar-refractivity contribution in [1.29, 1.82) is 0 Å². The number of nitrogens with zero attached hydrogens (tertiary/aromatic N) is 1. The summed E-state index contributed by atoms with van der Waals surface area (Å²) in [5.41, 5.74) is 0. The van der Waals surface area contributed by atoms with Gasteiger partial charge in [0.25, 0.3) is 0 Å². The van der Waals surface area contributed by atoms with Crippen molar-refractivity contribution in [1.82, 2.24) is 5.06 Å². The number of hydrogen-bond acceptors (Lipinski definition) is 3. The predicted molar refractivity (Wildman–Crippen MR) is 85.2 cm³/mol. The van der Waals surface area contributed by atoms with Gasteiger partial charge in [-0.15, -0.1) is 5.06 Å². The van der Waals surface area contributed by atoms with Gasteiger partial charge in [-0.05, 0) is 30.7 Å². The highest BCUT2D eigenvalue weighted by Crippen LogP contribution is 2.34. The Morgan fingerprint density at radius 1 is 1.00 bits per heavy atom. The summed E-state index contributed by atoms with van der Waals surface area (Å²) in [5.74, 6) is 0.917. The lowest BCUT2D eigenvalue weighted by Gasteiger charge is -2.19. The Bertz CT molecular complexity index is 515. The lowest BCUT2D eigenvalue weighted by Crippen LogP contribution is -2.23. The average Bonchev–Trinajstić information content (AvgIpc) is 2.48. The largest absolute Gasteiger partial charge is 0.405 e. The van der Waals surface area contributed by atoms with Crippen LogP contribution in [0.15, 0.2) is 64.4 Å². The van der Waals surface area contributed by atoms with Crippen LogP contribution in [0.1, 0.15) is 19.8 Å². The first-order chi connectivity index (χ1) is 9.79. The minimum atomic E-state index is 0.917. The van der Waals surface area contributed by atoms with Crippen LogP contribution < -0.4 is 4.84 Å². The van der Waals surface area contributed by atoms with Crippen LogP contribution in [0.25, 0.3) is 0 Å². The van der Waals surface area contributed by atoms with Gasteiger partial charge in [-0.1, -0.05) is 55.4 Å². The molecule has 0 unspecified atom stereocenters. The van der Waals surface area contributed by atoms with E-state index in [-0.39, 0.29) is 0 Å². The van der Waals surface area contributed by atoms with Crippen molar-refractivity contribution in [3.8, 4) is 5.75 Å².